The largest absolute Gasteiger partial charge is 0.348 e. The number of benzene rings is 3. The summed E-state index contributed by atoms with van der Waals surface area (Å²) >= 11 is 12.3. The molecule has 0 spiro atoms. The number of hydrogen-bond donors (Lipinski definition) is 2. The van der Waals surface area contributed by atoms with Crippen LogP contribution in [0.2, 0.25) is 10.0 Å². The summed E-state index contributed by atoms with van der Waals surface area (Å²) in [5.41, 5.74) is 2.43. The average molecular weight is 598 g/mol. The summed E-state index contributed by atoms with van der Waals surface area (Å²) in [6, 6.07) is 23.8. The fourth-order valence-corrected chi connectivity index (χ4v) is 6.34. The maximum absolute atomic E-state index is 13.0. The molecule has 2 N–H and O–H groups in total. The van der Waals surface area contributed by atoms with Gasteiger partial charge in [0, 0.05) is 47.0 Å². The van der Waals surface area contributed by atoms with Crippen molar-refractivity contribution in [3.63, 3.8) is 0 Å². The molecule has 0 unspecified atom stereocenters. The molecule has 1 aliphatic rings. The van der Waals surface area contributed by atoms with Gasteiger partial charge in [0.25, 0.3) is 5.91 Å². The van der Waals surface area contributed by atoms with Crippen LogP contribution in [0, 0.1) is 0 Å². The molecule has 0 saturated carbocycles. The molecule has 0 aliphatic carbocycles. The van der Waals surface area contributed by atoms with Gasteiger partial charge in [-0.25, -0.2) is 8.42 Å². The smallest absolute Gasteiger partial charge is 0.256 e. The number of H-pyrrole nitrogens is 1. The number of pyridine rings is 1. The lowest BCUT2D eigenvalue weighted by Gasteiger charge is -2.48. The molecule has 1 amide bonds. The van der Waals surface area contributed by atoms with Crippen LogP contribution in [0.3, 0.4) is 0 Å². The molecule has 2 heterocycles. The van der Waals surface area contributed by atoms with Crippen LogP contribution in [0.1, 0.15) is 27.5 Å². The minimum absolute atomic E-state index is 0.127. The Hall–Kier alpha value is -3.63. The molecule has 0 atom stereocenters. The maximum Gasteiger partial charge on any atom is 0.256 e. The predicted octanol–water partition coefficient (Wildman–Crippen LogP) is 5.17. The zero-order valence-electron chi connectivity index (χ0n) is 21.4. The van der Waals surface area contributed by atoms with Crippen molar-refractivity contribution < 1.29 is 13.2 Å². The number of hydrogen-bond acceptors (Lipinski definition) is 5. The normalized spacial score (nSPS) is 14.1. The van der Waals surface area contributed by atoms with Crippen molar-refractivity contribution in [3.05, 3.63) is 128 Å². The molecule has 1 fully saturated rings. The third-order valence-electron chi connectivity index (χ3n) is 6.70. The molecule has 0 radical (unpaired) electrons. The standard InChI is InChI=1S/C29H26Cl2N4O4S/c1-40(38,39)35(24-4-2-3-21(15-24)29(37)33-27-16-26(36)13-14-32-27)25-17-34(18-25)28(19-5-9-22(30)10-6-19)20-7-11-23(31)12-8-20/h2-16,25,28H,17-18H2,1H3,(H2,32,33,36,37). The zero-order valence-corrected chi connectivity index (χ0v) is 23.7. The number of halogens is 2. The highest BCUT2D eigenvalue weighted by molar-refractivity contribution is 7.92. The number of nitrogens with zero attached hydrogens (tertiary/aromatic N) is 2. The molecule has 4 aromatic rings. The van der Waals surface area contributed by atoms with E-state index in [1.807, 2.05) is 48.5 Å². The number of carbonyl (C=O) groups excluding carboxylic acids is 1. The average Bonchev–Trinajstić information content (AvgIpc) is 2.88. The van der Waals surface area contributed by atoms with Crippen molar-refractivity contribution in [1.82, 2.24) is 9.88 Å². The number of sulfonamides is 1. The number of amides is 1. The number of carbonyl (C=O) groups is 1. The van der Waals surface area contributed by atoms with Crippen LogP contribution in [0.25, 0.3) is 0 Å². The van der Waals surface area contributed by atoms with E-state index in [1.165, 1.54) is 28.7 Å². The summed E-state index contributed by atoms with van der Waals surface area (Å²) < 4.78 is 27.4. The van der Waals surface area contributed by atoms with Crippen molar-refractivity contribution >= 4 is 50.6 Å². The van der Waals surface area contributed by atoms with Crippen LogP contribution in [-0.2, 0) is 10.0 Å². The Balaban J connectivity index is 1.39. The molecule has 1 saturated heterocycles. The lowest BCUT2D eigenvalue weighted by Crippen LogP contribution is -2.61. The Morgan fingerprint density at radius 2 is 1.55 bits per heavy atom. The second-order valence-corrected chi connectivity index (χ2v) is 12.3. The van der Waals surface area contributed by atoms with E-state index in [9.17, 15) is 18.0 Å². The van der Waals surface area contributed by atoms with E-state index in [0.717, 1.165) is 17.4 Å². The summed E-state index contributed by atoms with van der Waals surface area (Å²) in [7, 11) is -3.68. The zero-order chi connectivity index (χ0) is 28.4. The first-order chi connectivity index (χ1) is 19.1. The molecular weight excluding hydrogens is 571 g/mol. The van der Waals surface area contributed by atoms with Gasteiger partial charge in [0.2, 0.25) is 10.0 Å². The summed E-state index contributed by atoms with van der Waals surface area (Å²) in [5.74, 6) is -0.231. The Morgan fingerprint density at radius 1 is 0.950 bits per heavy atom. The third kappa shape index (κ3) is 6.23. The van der Waals surface area contributed by atoms with Gasteiger partial charge in [-0.2, -0.15) is 0 Å². The SMILES string of the molecule is CS(=O)(=O)N(c1cccc(C(=O)Nc2cc(=O)cc[nH]2)c1)C1CN(C(c2ccc(Cl)cc2)c2ccc(Cl)cc2)C1. The molecule has 40 heavy (non-hydrogen) atoms. The van der Waals surface area contributed by atoms with Crippen LogP contribution in [0.5, 0.6) is 0 Å². The summed E-state index contributed by atoms with van der Waals surface area (Å²) in [6.07, 6.45) is 2.59. The van der Waals surface area contributed by atoms with Gasteiger partial charge >= 0.3 is 0 Å². The second-order valence-electron chi connectivity index (χ2n) is 9.61. The fraction of sp³-hybridized carbons (Fsp3) is 0.172. The highest BCUT2D eigenvalue weighted by Gasteiger charge is 2.40. The summed E-state index contributed by atoms with van der Waals surface area (Å²) in [6.45, 7) is 0.926. The monoisotopic (exact) mass is 596 g/mol. The number of aromatic nitrogens is 1. The molecule has 5 rings (SSSR count). The minimum atomic E-state index is -3.68. The lowest BCUT2D eigenvalue weighted by molar-refractivity contribution is 0.102. The van der Waals surface area contributed by atoms with Crippen LogP contribution >= 0.6 is 23.2 Å². The van der Waals surface area contributed by atoms with Crippen molar-refractivity contribution in [2.75, 3.05) is 29.0 Å². The van der Waals surface area contributed by atoms with Crippen LogP contribution in [0.15, 0.2) is 95.9 Å². The first-order valence-electron chi connectivity index (χ1n) is 12.4. The molecule has 11 heteroatoms. The van der Waals surface area contributed by atoms with E-state index in [2.05, 4.69) is 15.2 Å². The van der Waals surface area contributed by atoms with Gasteiger partial charge in [0.15, 0.2) is 5.43 Å². The highest BCUT2D eigenvalue weighted by atomic mass is 35.5. The molecule has 8 nitrogen and oxygen atoms in total. The minimum Gasteiger partial charge on any atom is -0.348 e. The van der Waals surface area contributed by atoms with E-state index < -0.39 is 15.9 Å². The molecule has 206 valence electrons. The number of nitrogens with one attached hydrogen (secondary N) is 2. The lowest BCUT2D eigenvalue weighted by atomic mass is 9.93. The number of anilines is 2. The van der Waals surface area contributed by atoms with Gasteiger partial charge in [-0.1, -0.05) is 53.5 Å². The second kappa shape index (κ2) is 11.5. The maximum atomic E-state index is 13.0. The molecule has 0 bridgehead atoms. The number of rotatable bonds is 8. The van der Waals surface area contributed by atoms with Gasteiger partial charge in [0.1, 0.15) is 5.82 Å². The van der Waals surface area contributed by atoms with Crippen molar-refractivity contribution in [1.29, 1.82) is 0 Å². The van der Waals surface area contributed by atoms with E-state index in [0.29, 0.717) is 28.8 Å². The fourth-order valence-electron chi connectivity index (χ4n) is 4.92. The van der Waals surface area contributed by atoms with E-state index in [-0.39, 0.29) is 28.9 Å². The van der Waals surface area contributed by atoms with E-state index >= 15 is 0 Å². The highest BCUT2D eigenvalue weighted by Crippen LogP contribution is 2.36. The number of likely N-dealkylation sites (tertiary alicyclic amines) is 1. The van der Waals surface area contributed by atoms with E-state index in [4.69, 9.17) is 23.2 Å². The van der Waals surface area contributed by atoms with Gasteiger partial charge < -0.3 is 10.3 Å². The Kier molecular flexibility index (Phi) is 8.00. The van der Waals surface area contributed by atoms with Gasteiger partial charge in [-0.15, -0.1) is 0 Å². The van der Waals surface area contributed by atoms with Gasteiger partial charge in [-0.3, -0.25) is 18.8 Å². The quantitative estimate of drug-likeness (QED) is 0.292. The van der Waals surface area contributed by atoms with Crippen LogP contribution in [0.4, 0.5) is 11.5 Å². The molecule has 3 aromatic carbocycles. The van der Waals surface area contributed by atoms with Crippen molar-refractivity contribution in [2.45, 2.75) is 12.1 Å². The number of aromatic amines is 1. The first-order valence-corrected chi connectivity index (χ1v) is 15.0. The van der Waals surface area contributed by atoms with Crippen LogP contribution < -0.4 is 15.1 Å². The van der Waals surface area contributed by atoms with Crippen molar-refractivity contribution in [2.24, 2.45) is 0 Å². The first kappa shape index (κ1) is 27.9. The molecule has 1 aromatic heterocycles. The van der Waals surface area contributed by atoms with Crippen LogP contribution in [-0.4, -0.2) is 49.6 Å². The molecular formula is C29H26Cl2N4O4S. The van der Waals surface area contributed by atoms with Gasteiger partial charge in [-0.05, 0) is 53.6 Å². The third-order valence-corrected chi connectivity index (χ3v) is 8.43. The molecule has 1 aliphatic heterocycles. The summed E-state index contributed by atoms with van der Waals surface area (Å²) in [5, 5.41) is 3.90. The summed E-state index contributed by atoms with van der Waals surface area (Å²) in [4.78, 5) is 29.5. The Labute approximate surface area is 242 Å². The predicted molar refractivity (Wildman–Crippen MR) is 159 cm³/mol. The van der Waals surface area contributed by atoms with Crippen molar-refractivity contribution in [3.8, 4) is 0 Å². The van der Waals surface area contributed by atoms with E-state index in [1.54, 1.807) is 18.2 Å². The van der Waals surface area contributed by atoms with Gasteiger partial charge in [0.05, 0.1) is 24.0 Å². The Bertz CT molecular complexity index is 1640. The topological polar surface area (TPSA) is 103 Å². The Morgan fingerprint density at radius 3 is 2.10 bits per heavy atom.